The SMILES string of the molecule is O=C(NCc1cccnc1Oc1cccc(F)c1)C1CCCN1C(=O)c1ccc2ccccc2c1O. The van der Waals surface area contributed by atoms with Crippen LogP contribution in [-0.4, -0.2) is 39.4 Å². The van der Waals surface area contributed by atoms with E-state index in [1.54, 1.807) is 48.7 Å². The molecule has 4 aromatic rings. The maximum Gasteiger partial charge on any atom is 0.258 e. The zero-order valence-corrected chi connectivity index (χ0v) is 19.4. The number of hydrogen-bond acceptors (Lipinski definition) is 5. The Morgan fingerprint density at radius 2 is 1.94 bits per heavy atom. The van der Waals surface area contributed by atoms with Crippen LogP contribution in [0.25, 0.3) is 10.8 Å². The number of pyridine rings is 1. The van der Waals surface area contributed by atoms with Crippen LogP contribution in [-0.2, 0) is 11.3 Å². The molecule has 2 N–H and O–H groups in total. The van der Waals surface area contributed by atoms with E-state index in [1.807, 2.05) is 12.1 Å². The van der Waals surface area contributed by atoms with Crippen LogP contribution >= 0.6 is 0 Å². The molecule has 8 heteroatoms. The fourth-order valence-corrected chi connectivity index (χ4v) is 4.46. The van der Waals surface area contributed by atoms with Gasteiger partial charge in [0, 0.05) is 36.3 Å². The van der Waals surface area contributed by atoms with Crippen LogP contribution < -0.4 is 10.1 Å². The Bertz CT molecular complexity index is 1440. The molecule has 1 aliphatic heterocycles. The van der Waals surface area contributed by atoms with Crippen LogP contribution in [0.15, 0.2) is 79.0 Å². The highest BCUT2D eigenvalue weighted by Gasteiger charge is 2.35. The molecule has 2 amide bonds. The van der Waals surface area contributed by atoms with Crippen molar-refractivity contribution in [3.05, 3.63) is 95.9 Å². The van der Waals surface area contributed by atoms with E-state index in [-0.39, 0.29) is 35.6 Å². The smallest absolute Gasteiger partial charge is 0.258 e. The van der Waals surface area contributed by atoms with Gasteiger partial charge in [-0.3, -0.25) is 9.59 Å². The molecule has 1 unspecified atom stereocenters. The number of aromatic nitrogens is 1. The van der Waals surface area contributed by atoms with Crippen LogP contribution in [0.3, 0.4) is 0 Å². The maximum absolute atomic E-state index is 13.5. The molecule has 0 aliphatic carbocycles. The van der Waals surface area contributed by atoms with Gasteiger partial charge in [0.2, 0.25) is 11.8 Å². The Hall–Kier alpha value is -4.46. The number of carbonyl (C=O) groups excluding carboxylic acids is 2. The number of phenolic OH excluding ortho intramolecular Hbond substituents is 1. The molecule has 1 saturated heterocycles. The number of nitrogens with one attached hydrogen (secondary N) is 1. The monoisotopic (exact) mass is 485 g/mol. The number of amides is 2. The molecule has 1 aliphatic rings. The summed E-state index contributed by atoms with van der Waals surface area (Å²) in [5.74, 6) is -0.651. The lowest BCUT2D eigenvalue weighted by Crippen LogP contribution is -2.45. The summed E-state index contributed by atoms with van der Waals surface area (Å²) >= 11 is 0. The number of likely N-dealkylation sites (tertiary alicyclic amines) is 1. The number of aromatic hydroxyl groups is 1. The predicted octanol–water partition coefficient (Wildman–Crippen LogP) is 4.79. The molecule has 1 atom stereocenters. The third-order valence-corrected chi connectivity index (χ3v) is 6.26. The number of benzene rings is 3. The number of hydrogen-bond donors (Lipinski definition) is 2. The van der Waals surface area contributed by atoms with Gasteiger partial charge in [-0.15, -0.1) is 0 Å². The lowest BCUT2D eigenvalue weighted by Gasteiger charge is -2.24. The number of nitrogens with zero attached hydrogens (tertiary/aromatic N) is 2. The summed E-state index contributed by atoms with van der Waals surface area (Å²) in [6, 6.07) is 19.2. The lowest BCUT2D eigenvalue weighted by molar-refractivity contribution is -0.125. The topological polar surface area (TPSA) is 91.8 Å². The number of rotatable bonds is 6. The van der Waals surface area contributed by atoms with Crippen molar-refractivity contribution < 1.29 is 23.8 Å². The first kappa shape index (κ1) is 23.3. The third-order valence-electron chi connectivity index (χ3n) is 6.26. The van der Waals surface area contributed by atoms with Crippen molar-refractivity contribution in [1.82, 2.24) is 15.2 Å². The average molecular weight is 486 g/mol. The second kappa shape index (κ2) is 10.0. The highest BCUT2D eigenvalue weighted by molar-refractivity contribution is 6.05. The number of fused-ring (bicyclic) bond motifs is 1. The average Bonchev–Trinajstić information content (AvgIpc) is 3.38. The van der Waals surface area contributed by atoms with Gasteiger partial charge in [-0.2, -0.15) is 0 Å². The predicted molar refractivity (Wildman–Crippen MR) is 132 cm³/mol. The molecule has 0 saturated carbocycles. The van der Waals surface area contributed by atoms with Crippen molar-refractivity contribution in [1.29, 1.82) is 0 Å². The van der Waals surface area contributed by atoms with Gasteiger partial charge in [0.1, 0.15) is 23.4 Å². The minimum absolute atomic E-state index is 0.0846. The zero-order valence-electron chi connectivity index (χ0n) is 19.4. The van der Waals surface area contributed by atoms with E-state index in [9.17, 15) is 19.1 Å². The second-order valence-corrected chi connectivity index (χ2v) is 8.58. The summed E-state index contributed by atoms with van der Waals surface area (Å²) in [7, 11) is 0. The number of ether oxygens (including phenoxy) is 1. The molecule has 1 fully saturated rings. The highest BCUT2D eigenvalue weighted by atomic mass is 19.1. The number of halogens is 1. The molecule has 0 bridgehead atoms. The Kier molecular flexibility index (Phi) is 6.49. The summed E-state index contributed by atoms with van der Waals surface area (Å²) in [6.07, 6.45) is 2.75. The van der Waals surface area contributed by atoms with E-state index < -0.39 is 11.9 Å². The molecule has 3 aromatic carbocycles. The minimum atomic E-state index is -0.660. The Morgan fingerprint density at radius 3 is 2.81 bits per heavy atom. The van der Waals surface area contributed by atoms with Gasteiger partial charge in [0.25, 0.3) is 5.91 Å². The number of phenols is 1. The fourth-order valence-electron chi connectivity index (χ4n) is 4.46. The standard InChI is InChI=1S/C28H24FN3O4/c29-20-8-3-9-21(16-20)36-27-19(7-4-14-30-27)17-31-26(34)24-11-5-15-32(24)28(35)23-13-12-18-6-1-2-10-22(18)25(23)33/h1-4,6-10,12-14,16,24,33H,5,11,15,17H2,(H,31,34). The third kappa shape index (κ3) is 4.70. The van der Waals surface area contributed by atoms with E-state index in [4.69, 9.17) is 4.74 Å². The zero-order chi connectivity index (χ0) is 25.1. The molecule has 182 valence electrons. The summed E-state index contributed by atoms with van der Waals surface area (Å²) in [5.41, 5.74) is 0.782. The Labute approximate surface area is 207 Å². The van der Waals surface area contributed by atoms with Gasteiger partial charge < -0.3 is 20.1 Å². The van der Waals surface area contributed by atoms with Crippen LogP contribution in [0.5, 0.6) is 17.4 Å². The van der Waals surface area contributed by atoms with Crippen molar-refractivity contribution in [2.24, 2.45) is 0 Å². The van der Waals surface area contributed by atoms with Crippen molar-refractivity contribution in [2.45, 2.75) is 25.4 Å². The summed E-state index contributed by atoms with van der Waals surface area (Å²) < 4.78 is 19.2. The van der Waals surface area contributed by atoms with Gasteiger partial charge in [-0.05, 0) is 42.5 Å². The van der Waals surface area contributed by atoms with Crippen LogP contribution in [0.1, 0.15) is 28.8 Å². The molecule has 0 radical (unpaired) electrons. The molecular weight excluding hydrogens is 461 g/mol. The second-order valence-electron chi connectivity index (χ2n) is 8.58. The summed E-state index contributed by atoms with van der Waals surface area (Å²) in [4.78, 5) is 32.1. The molecule has 36 heavy (non-hydrogen) atoms. The maximum atomic E-state index is 13.5. The minimum Gasteiger partial charge on any atom is -0.506 e. The van der Waals surface area contributed by atoms with E-state index >= 15 is 0 Å². The molecule has 5 rings (SSSR count). The van der Waals surface area contributed by atoms with Crippen LogP contribution in [0.2, 0.25) is 0 Å². The first-order chi connectivity index (χ1) is 17.5. The fraction of sp³-hybridized carbons (Fsp3) is 0.179. The molecule has 1 aromatic heterocycles. The van der Waals surface area contributed by atoms with E-state index in [0.717, 1.165) is 5.39 Å². The molecule has 7 nitrogen and oxygen atoms in total. The van der Waals surface area contributed by atoms with Crippen molar-refractivity contribution >= 4 is 22.6 Å². The highest BCUT2D eigenvalue weighted by Crippen LogP contribution is 2.31. The van der Waals surface area contributed by atoms with Gasteiger partial charge in [-0.1, -0.05) is 42.5 Å². The first-order valence-electron chi connectivity index (χ1n) is 11.7. The number of carbonyl (C=O) groups is 2. The van der Waals surface area contributed by atoms with E-state index in [2.05, 4.69) is 10.3 Å². The van der Waals surface area contributed by atoms with E-state index in [1.165, 1.54) is 23.1 Å². The van der Waals surface area contributed by atoms with Crippen molar-refractivity contribution in [2.75, 3.05) is 6.54 Å². The van der Waals surface area contributed by atoms with E-state index in [0.29, 0.717) is 36.1 Å². The summed E-state index contributed by atoms with van der Waals surface area (Å²) in [5, 5.41) is 15.0. The first-order valence-corrected chi connectivity index (χ1v) is 11.7. The normalized spacial score (nSPS) is 15.1. The van der Waals surface area contributed by atoms with Gasteiger partial charge in [0.15, 0.2) is 0 Å². The van der Waals surface area contributed by atoms with Gasteiger partial charge >= 0.3 is 0 Å². The van der Waals surface area contributed by atoms with Crippen LogP contribution in [0.4, 0.5) is 4.39 Å². The lowest BCUT2D eigenvalue weighted by atomic mass is 10.0. The van der Waals surface area contributed by atoms with Crippen molar-refractivity contribution in [3.63, 3.8) is 0 Å². The Balaban J connectivity index is 1.29. The molecule has 2 heterocycles. The molecule has 0 spiro atoms. The summed E-state index contributed by atoms with van der Waals surface area (Å²) in [6.45, 7) is 0.543. The quantitative estimate of drug-likeness (QED) is 0.410. The largest absolute Gasteiger partial charge is 0.506 e. The Morgan fingerprint density at radius 1 is 1.08 bits per heavy atom. The van der Waals surface area contributed by atoms with Crippen LogP contribution in [0, 0.1) is 5.82 Å². The van der Waals surface area contributed by atoms with Gasteiger partial charge in [-0.25, -0.2) is 9.37 Å². The molecular formula is C28H24FN3O4. The van der Waals surface area contributed by atoms with Crippen molar-refractivity contribution in [3.8, 4) is 17.4 Å². The van der Waals surface area contributed by atoms with Gasteiger partial charge in [0.05, 0.1) is 5.56 Å².